The molecular weight excluding hydrogens is 330 g/mol. The fourth-order valence-corrected chi connectivity index (χ4v) is 4.02. The first kappa shape index (κ1) is 15.2. The Hall–Kier alpha value is -0.710. The molecule has 4 heteroatoms. The van der Waals surface area contributed by atoms with Gasteiger partial charge in [-0.25, -0.2) is 0 Å². The van der Waals surface area contributed by atoms with E-state index in [1.54, 1.807) is 0 Å². The maximum absolute atomic E-state index is 12.1. The molecule has 3 atom stereocenters. The van der Waals surface area contributed by atoms with Crippen LogP contribution in [0.25, 0.3) is 0 Å². The van der Waals surface area contributed by atoms with Gasteiger partial charge in [-0.2, -0.15) is 0 Å². The van der Waals surface area contributed by atoms with Crippen LogP contribution in [-0.2, 0) is 0 Å². The van der Waals surface area contributed by atoms with E-state index in [4.69, 9.17) is 0 Å². The van der Waals surface area contributed by atoms with Crippen LogP contribution in [-0.4, -0.2) is 41.5 Å². The molecule has 0 bridgehead atoms. The highest BCUT2D eigenvalue weighted by Crippen LogP contribution is 2.38. The Morgan fingerprint density at radius 1 is 1.24 bits per heavy atom. The minimum absolute atomic E-state index is 0.0932. The van der Waals surface area contributed by atoms with Crippen molar-refractivity contribution < 1.29 is 9.90 Å². The normalized spacial score (nSPS) is 28.8. The zero-order chi connectivity index (χ0) is 14.8. The van der Waals surface area contributed by atoms with Gasteiger partial charge < -0.3 is 10.0 Å². The minimum Gasteiger partial charge on any atom is -0.393 e. The zero-order valence-electron chi connectivity index (χ0n) is 12.2. The Kier molecular flexibility index (Phi) is 4.77. The summed E-state index contributed by atoms with van der Waals surface area (Å²) in [5.74, 6) is 1.39. The number of aliphatic hydroxyl groups excluding tert-OH is 1. The van der Waals surface area contributed by atoms with Crippen LogP contribution in [0.5, 0.6) is 0 Å². The monoisotopic (exact) mass is 351 g/mol. The first-order valence-electron chi connectivity index (χ1n) is 7.82. The molecule has 1 aliphatic heterocycles. The highest BCUT2D eigenvalue weighted by atomic mass is 79.9. The summed E-state index contributed by atoms with van der Waals surface area (Å²) in [6.45, 7) is 3.09. The second kappa shape index (κ2) is 6.59. The van der Waals surface area contributed by atoms with Crippen molar-refractivity contribution in [1.82, 2.24) is 4.90 Å². The maximum Gasteiger partial charge on any atom is 0.162 e. The van der Waals surface area contributed by atoms with Gasteiger partial charge in [0.2, 0.25) is 0 Å². The molecule has 0 radical (unpaired) electrons. The van der Waals surface area contributed by atoms with E-state index in [9.17, 15) is 9.90 Å². The molecular formula is C17H22BrNO2. The molecule has 0 aromatic heterocycles. The Bertz CT molecular complexity index is 502. The third-order valence-corrected chi connectivity index (χ3v) is 5.47. The SMILES string of the molecule is O=C(CCCN1CC2CCC(O)C2C1)c1ccc(Br)cc1. The molecule has 2 aliphatic rings. The Morgan fingerprint density at radius 3 is 2.71 bits per heavy atom. The minimum atomic E-state index is -0.0932. The molecule has 3 unspecified atom stereocenters. The fraction of sp³-hybridized carbons (Fsp3) is 0.588. The molecule has 1 aromatic rings. The molecule has 21 heavy (non-hydrogen) atoms. The molecule has 114 valence electrons. The lowest BCUT2D eigenvalue weighted by atomic mass is 10.00. The highest BCUT2D eigenvalue weighted by Gasteiger charge is 2.41. The van der Waals surface area contributed by atoms with E-state index in [1.807, 2.05) is 24.3 Å². The number of hydrogen-bond acceptors (Lipinski definition) is 3. The third kappa shape index (κ3) is 3.55. The van der Waals surface area contributed by atoms with Gasteiger partial charge in [-0.05, 0) is 43.9 Å². The predicted octanol–water partition coefficient (Wildman–Crippen LogP) is 3.11. The van der Waals surface area contributed by atoms with Crippen molar-refractivity contribution >= 4 is 21.7 Å². The van der Waals surface area contributed by atoms with E-state index in [0.29, 0.717) is 18.3 Å². The number of aliphatic hydroxyl groups is 1. The van der Waals surface area contributed by atoms with Gasteiger partial charge in [0.15, 0.2) is 5.78 Å². The number of halogens is 1. The summed E-state index contributed by atoms with van der Waals surface area (Å²) in [7, 11) is 0. The number of carbonyl (C=O) groups is 1. The number of fused-ring (bicyclic) bond motifs is 1. The molecule has 0 amide bonds. The van der Waals surface area contributed by atoms with Crippen LogP contribution in [0.2, 0.25) is 0 Å². The van der Waals surface area contributed by atoms with E-state index in [1.165, 1.54) is 6.42 Å². The number of carbonyl (C=O) groups excluding carboxylic acids is 1. The van der Waals surface area contributed by atoms with Crippen LogP contribution in [0.1, 0.15) is 36.0 Å². The van der Waals surface area contributed by atoms with Crippen molar-refractivity contribution in [2.24, 2.45) is 11.8 Å². The van der Waals surface area contributed by atoms with Gasteiger partial charge in [0.25, 0.3) is 0 Å². The first-order valence-corrected chi connectivity index (χ1v) is 8.62. The molecule has 1 saturated heterocycles. The van der Waals surface area contributed by atoms with Gasteiger partial charge in [0.05, 0.1) is 6.10 Å². The zero-order valence-corrected chi connectivity index (χ0v) is 13.8. The van der Waals surface area contributed by atoms with E-state index in [2.05, 4.69) is 20.8 Å². The second-order valence-corrected chi connectivity index (χ2v) is 7.28. The average molecular weight is 352 g/mol. The lowest BCUT2D eigenvalue weighted by Gasteiger charge is -2.17. The molecule has 3 rings (SSSR count). The van der Waals surface area contributed by atoms with Crippen LogP contribution in [0.15, 0.2) is 28.7 Å². The fourth-order valence-electron chi connectivity index (χ4n) is 3.75. The number of hydrogen-bond donors (Lipinski definition) is 1. The van der Waals surface area contributed by atoms with Crippen molar-refractivity contribution in [2.45, 2.75) is 31.8 Å². The summed E-state index contributed by atoms with van der Waals surface area (Å²) in [6, 6.07) is 7.58. The van der Waals surface area contributed by atoms with Crippen molar-refractivity contribution in [3.05, 3.63) is 34.3 Å². The predicted molar refractivity (Wildman–Crippen MR) is 86.4 cm³/mol. The summed E-state index contributed by atoms with van der Waals surface area (Å²) in [6.07, 6.45) is 3.57. The lowest BCUT2D eigenvalue weighted by molar-refractivity contribution is 0.0972. The lowest BCUT2D eigenvalue weighted by Crippen LogP contribution is -2.26. The Balaban J connectivity index is 1.42. The second-order valence-electron chi connectivity index (χ2n) is 6.36. The van der Waals surface area contributed by atoms with Gasteiger partial charge in [0.1, 0.15) is 0 Å². The van der Waals surface area contributed by atoms with Gasteiger partial charge in [-0.3, -0.25) is 4.79 Å². The molecule has 1 aromatic carbocycles. The van der Waals surface area contributed by atoms with Crippen molar-refractivity contribution in [1.29, 1.82) is 0 Å². The Labute approximate surface area is 134 Å². The van der Waals surface area contributed by atoms with Gasteiger partial charge in [0, 0.05) is 35.5 Å². The smallest absolute Gasteiger partial charge is 0.162 e. The van der Waals surface area contributed by atoms with E-state index < -0.39 is 0 Å². The summed E-state index contributed by atoms with van der Waals surface area (Å²) < 4.78 is 1.00. The number of Topliss-reactive ketones (excluding diaryl/α,β-unsaturated/α-hetero) is 1. The molecule has 0 spiro atoms. The summed E-state index contributed by atoms with van der Waals surface area (Å²) in [4.78, 5) is 14.5. The molecule has 3 nitrogen and oxygen atoms in total. The van der Waals surface area contributed by atoms with Crippen LogP contribution in [0, 0.1) is 11.8 Å². The quantitative estimate of drug-likeness (QED) is 0.828. The Morgan fingerprint density at radius 2 is 2.00 bits per heavy atom. The topological polar surface area (TPSA) is 40.5 Å². The number of rotatable bonds is 5. The maximum atomic E-state index is 12.1. The molecule has 2 fully saturated rings. The third-order valence-electron chi connectivity index (χ3n) is 4.94. The van der Waals surface area contributed by atoms with E-state index >= 15 is 0 Å². The van der Waals surface area contributed by atoms with Crippen LogP contribution < -0.4 is 0 Å². The van der Waals surface area contributed by atoms with E-state index in [-0.39, 0.29) is 11.9 Å². The van der Waals surface area contributed by atoms with Crippen molar-refractivity contribution in [3.8, 4) is 0 Å². The van der Waals surface area contributed by atoms with Crippen LogP contribution in [0.4, 0.5) is 0 Å². The standard InChI is InChI=1S/C17H22BrNO2/c18-14-6-3-12(4-7-14)16(20)2-1-9-19-10-13-5-8-17(21)15(13)11-19/h3-4,6-7,13,15,17,21H,1-2,5,8-11H2. The summed E-state index contributed by atoms with van der Waals surface area (Å²) >= 11 is 3.38. The van der Waals surface area contributed by atoms with Gasteiger partial charge >= 0.3 is 0 Å². The highest BCUT2D eigenvalue weighted by molar-refractivity contribution is 9.10. The average Bonchev–Trinajstić information content (AvgIpc) is 3.02. The summed E-state index contributed by atoms with van der Waals surface area (Å²) in [5.41, 5.74) is 0.798. The number of likely N-dealkylation sites (tertiary alicyclic amines) is 1. The molecule has 1 saturated carbocycles. The van der Waals surface area contributed by atoms with Gasteiger partial charge in [-0.15, -0.1) is 0 Å². The van der Waals surface area contributed by atoms with Crippen molar-refractivity contribution in [2.75, 3.05) is 19.6 Å². The summed E-state index contributed by atoms with van der Waals surface area (Å²) in [5, 5.41) is 9.92. The largest absolute Gasteiger partial charge is 0.393 e. The van der Waals surface area contributed by atoms with Crippen LogP contribution >= 0.6 is 15.9 Å². The number of benzene rings is 1. The van der Waals surface area contributed by atoms with E-state index in [0.717, 1.165) is 42.5 Å². The first-order chi connectivity index (χ1) is 10.1. The van der Waals surface area contributed by atoms with Crippen molar-refractivity contribution in [3.63, 3.8) is 0 Å². The molecule has 1 N–H and O–H groups in total. The number of ketones is 1. The molecule has 1 heterocycles. The number of nitrogens with zero attached hydrogens (tertiary/aromatic N) is 1. The molecule has 1 aliphatic carbocycles. The van der Waals surface area contributed by atoms with Gasteiger partial charge in [-0.1, -0.05) is 28.1 Å². The van der Waals surface area contributed by atoms with Crippen LogP contribution in [0.3, 0.4) is 0 Å².